The van der Waals surface area contributed by atoms with E-state index in [-0.39, 0.29) is 18.3 Å². The molecule has 0 bridgehead atoms. The average molecular weight is 530 g/mol. The number of rotatable bonds is 7. The van der Waals surface area contributed by atoms with Crippen LogP contribution < -0.4 is 19.6 Å². The number of aromatic nitrogens is 2. The molecule has 1 atom stereocenters. The first kappa shape index (κ1) is 25.7. The minimum Gasteiger partial charge on any atom is -0.491 e. The van der Waals surface area contributed by atoms with Gasteiger partial charge in [0.25, 0.3) is 5.56 Å². The maximum atomic E-state index is 14.0. The third-order valence-corrected chi connectivity index (χ3v) is 7.52. The topological polar surface area (TPSA) is 74.8 Å². The molecule has 1 aliphatic heterocycles. The van der Waals surface area contributed by atoms with E-state index in [1.807, 2.05) is 56.3 Å². The summed E-state index contributed by atoms with van der Waals surface area (Å²) in [6.07, 6.45) is 3.91. The maximum Gasteiger partial charge on any atom is 0.338 e. The van der Waals surface area contributed by atoms with Crippen molar-refractivity contribution in [1.82, 2.24) is 9.13 Å². The van der Waals surface area contributed by atoms with Crippen molar-refractivity contribution in [3.63, 3.8) is 0 Å². The van der Waals surface area contributed by atoms with E-state index in [0.29, 0.717) is 31.9 Å². The molecule has 196 valence electrons. The first-order valence-corrected chi connectivity index (χ1v) is 13.7. The molecule has 0 unspecified atom stereocenters. The Morgan fingerprint density at radius 3 is 2.61 bits per heavy atom. The Labute approximate surface area is 225 Å². The zero-order valence-corrected chi connectivity index (χ0v) is 23.0. The Bertz CT molecular complexity index is 1740. The van der Waals surface area contributed by atoms with Gasteiger partial charge in [0, 0.05) is 34.8 Å². The number of fused-ring (bicyclic) bond motifs is 2. The molecule has 1 aliphatic rings. The van der Waals surface area contributed by atoms with E-state index in [2.05, 4.69) is 29.8 Å². The number of thiazole rings is 1. The molecular formula is C30H31N3O4S. The van der Waals surface area contributed by atoms with E-state index in [0.717, 1.165) is 23.0 Å². The van der Waals surface area contributed by atoms with Crippen molar-refractivity contribution in [2.24, 2.45) is 4.99 Å². The van der Waals surface area contributed by atoms with Gasteiger partial charge in [-0.05, 0) is 52.8 Å². The molecule has 4 aromatic rings. The second kappa shape index (κ2) is 10.5. The molecule has 0 amide bonds. The highest BCUT2D eigenvalue weighted by Gasteiger charge is 2.35. The molecule has 0 aliphatic carbocycles. The van der Waals surface area contributed by atoms with Crippen LogP contribution in [0.3, 0.4) is 0 Å². The average Bonchev–Trinajstić information content (AvgIpc) is 3.40. The van der Waals surface area contributed by atoms with E-state index in [4.69, 9.17) is 14.5 Å². The number of aryl methyl sites for hydroxylation is 1. The summed E-state index contributed by atoms with van der Waals surface area (Å²) in [7, 11) is 0. The number of benzene rings is 2. The lowest BCUT2D eigenvalue weighted by atomic mass is 9.95. The fraction of sp³-hybridized carbons (Fsp3) is 0.300. The SMILES string of the molecule is CCOC(=O)C1=C(C)N=c2s/c(=C\c3cn(CC)c4ccccc34)c(=O)n2[C@H]1c1ccccc1OC(C)C. The number of carbonyl (C=O) groups excluding carboxylic acids is 1. The molecule has 0 saturated heterocycles. The van der Waals surface area contributed by atoms with Crippen LogP contribution in [0.4, 0.5) is 0 Å². The summed E-state index contributed by atoms with van der Waals surface area (Å²) in [4.78, 5) is 32.5. The van der Waals surface area contributed by atoms with Crippen LogP contribution in [0.15, 0.2) is 75.8 Å². The van der Waals surface area contributed by atoms with Crippen LogP contribution in [0, 0.1) is 0 Å². The molecule has 0 fully saturated rings. The number of ether oxygens (including phenoxy) is 2. The van der Waals surface area contributed by atoms with Gasteiger partial charge in [0.05, 0.1) is 28.5 Å². The second-order valence-corrected chi connectivity index (χ2v) is 10.4. The Morgan fingerprint density at radius 1 is 1.13 bits per heavy atom. The number of esters is 1. The van der Waals surface area contributed by atoms with E-state index in [1.165, 1.54) is 11.3 Å². The number of nitrogens with zero attached hydrogens (tertiary/aromatic N) is 3. The van der Waals surface area contributed by atoms with E-state index in [1.54, 1.807) is 18.4 Å². The standard InChI is InChI=1S/C30H31N3O4S/c1-6-32-17-20(21-12-8-10-14-23(21)32)16-25-28(34)33-27(22-13-9-11-15-24(22)37-18(3)4)26(29(35)36-7-2)19(5)31-30(33)38-25/h8-18,27H,6-7H2,1-5H3/b25-16-/t27-/m0/s1. The van der Waals surface area contributed by atoms with Gasteiger partial charge in [0.1, 0.15) is 11.8 Å². The fourth-order valence-electron chi connectivity index (χ4n) is 4.95. The van der Waals surface area contributed by atoms with E-state index in [9.17, 15) is 9.59 Å². The van der Waals surface area contributed by atoms with Crippen molar-refractivity contribution >= 4 is 34.3 Å². The minimum atomic E-state index is -0.723. The number of carbonyl (C=O) groups is 1. The molecule has 7 nitrogen and oxygen atoms in total. The van der Waals surface area contributed by atoms with Gasteiger partial charge >= 0.3 is 5.97 Å². The highest BCUT2D eigenvalue weighted by Crippen LogP contribution is 2.36. The summed E-state index contributed by atoms with van der Waals surface area (Å²) >= 11 is 1.32. The first-order chi connectivity index (χ1) is 18.3. The van der Waals surface area contributed by atoms with Crippen molar-refractivity contribution in [2.45, 2.75) is 53.3 Å². The summed E-state index contributed by atoms with van der Waals surface area (Å²) in [5.74, 6) is 0.128. The third-order valence-electron chi connectivity index (χ3n) is 6.54. The van der Waals surface area contributed by atoms with Crippen LogP contribution in [0.2, 0.25) is 0 Å². The maximum absolute atomic E-state index is 14.0. The molecule has 2 aromatic heterocycles. The van der Waals surface area contributed by atoms with Gasteiger partial charge in [-0.25, -0.2) is 9.79 Å². The lowest BCUT2D eigenvalue weighted by Crippen LogP contribution is -2.40. The Hall–Kier alpha value is -3.91. The molecule has 0 spiro atoms. The number of hydrogen-bond acceptors (Lipinski definition) is 6. The monoisotopic (exact) mass is 529 g/mol. The highest BCUT2D eigenvalue weighted by atomic mass is 32.1. The summed E-state index contributed by atoms with van der Waals surface area (Å²) in [5.41, 5.74) is 3.46. The highest BCUT2D eigenvalue weighted by molar-refractivity contribution is 7.07. The van der Waals surface area contributed by atoms with Gasteiger partial charge in [-0.1, -0.05) is 47.7 Å². The predicted molar refractivity (Wildman–Crippen MR) is 150 cm³/mol. The molecule has 3 heterocycles. The molecule has 2 aromatic carbocycles. The van der Waals surface area contributed by atoms with Crippen LogP contribution in [-0.4, -0.2) is 27.8 Å². The summed E-state index contributed by atoms with van der Waals surface area (Å²) in [6, 6.07) is 15.0. The fourth-order valence-corrected chi connectivity index (χ4v) is 5.98. The quantitative estimate of drug-likeness (QED) is 0.329. The van der Waals surface area contributed by atoms with E-state index < -0.39 is 12.0 Å². The zero-order valence-electron chi connectivity index (χ0n) is 22.2. The summed E-state index contributed by atoms with van der Waals surface area (Å²) in [5, 5.41) is 1.08. The van der Waals surface area contributed by atoms with Crippen molar-refractivity contribution < 1.29 is 14.3 Å². The Balaban J connectivity index is 1.76. The minimum absolute atomic E-state index is 0.0843. The summed E-state index contributed by atoms with van der Waals surface area (Å²) in [6.45, 7) is 10.6. The molecule has 0 N–H and O–H groups in total. The van der Waals surface area contributed by atoms with Crippen LogP contribution in [0.1, 0.15) is 51.8 Å². The number of allylic oxidation sites excluding steroid dienone is 1. The number of para-hydroxylation sites is 2. The number of hydrogen-bond donors (Lipinski definition) is 0. The van der Waals surface area contributed by atoms with Gasteiger partial charge in [-0.2, -0.15) is 0 Å². The predicted octanol–water partition coefficient (Wildman–Crippen LogP) is 4.56. The van der Waals surface area contributed by atoms with Gasteiger partial charge in [-0.3, -0.25) is 9.36 Å². The van der Waals surface area contributed by atoms with Crippen LogP contribution in [0.5, 0.6) is 5.75 Å². The Kier molecular flexibility index (Phi) is 7.08. The molecule has 0 saturated carbocycles. The van der Waals surface area contributed by atoms with Gasteiger partial charge < -0.3 is 14.0 Å². The third kappa shape index (κ3) is 4.49. The van der Waals surface area contributed by atoms with Crippen molar-refractivity contribution in [1.29, 1.82) is 0 Å². The van der Waals surface area contributed by atoms with Crippen LogP contribution in [-0.2, 0) is 16.1 Å². The molecular weight excluding hydrogens is 498 g/mol. The first-order valence-electron chi connectivity index (χ1n) is 12.9. The van der Waals surface area contributed by atoms with Gasteiger partial charge in [0.2, 0.25) is 0 Å². The summed E-state index contributed by atoms with van der Waals surface area (Å²) < 4.78 is 15.9. The van der Waals surface area contributed by atoms with Crippen molar-refractivity contribution in [2.75, 3.05) is 6.61 Å². The van der Waals surface area contributed by atoms with E-state index >= 15 is 0 Å². The molecule has 0 radical (unpaired) electrons. The van der Waals surface area contributed by atoms with Gasteiger partial charge in [0.15, 0.2) is 4.80 Å². The van der Waals surface area contributed by atoms with Gasteiger partial charge in [-0.15, -0.1) is 0 Å². The normalized spacial score (nSPS) is 15.6. The van der Waals surface area contributed by atoms with Crippen LogP contribution >= 0.6 is 11.3 Å². The Morgan fingerprint density at radius 2 is 1.87 bits per heavy atom. The lowest BCUT2D eigenvalue weighted by Gasteiger charge is -2.26. The van der Waals surface area contributed by atoms with Crippen LogP contribution in [0.25, 0.3) is 17.0 Å². The smallest absolute Gasteiger partial charge is 0.338 e. The molecule has 38 heavy (non-hydrogen) atoms. The molecule has 5 rings (SSSR count). The van der Waals surface area contributed by atoms with Crippen molar-refractivity contribution in [3.8, 4) is 5.75 Å². The molecule has 8 heteroatoms. The second-order valence-electron chi connectivity index (χ2n) is 9.39. The lowest BCUT2D eigenvalue weighted by molar-refractivity contribution is -0.139. The van der Waals surface area contributed by atoms with Crippen molar-refractivity contribution in [3.05, 3.63) is 96.8 Å². The zero-order chi connectivity index (χ0) is 27.0. The largest absolute Gasteiger partial charge is 0.491 e.